The number of piperidine rings is 1. The summed E-state index contributed by atoms with van der Waals surface area (Å²) in [6.07, 6.45) is 1.02. The van der Waals surface area contributed by atoms with E-state index in [0.29, 0.717) is 46.1 Å². The van der Waals surface area contributed by atoms with Crippen LogP contribution in [0.3, 0.4) is 0 Å². The number of hydrogen-bond donors (Lipinski definition) is 0. The molecule has 0 bridgehead atoms. The number of piperazine rings is 1. The third-order valence-electron chi connectivity index (χ3n) is 10.3. The second-order valence-electron chi connectivity index (χ2n) is 15.6. The number of carbonyl (C=O) groups is 1. The van der Waals surface area contributed by atoms with Crippen molar-refractivity contribution in [3.8, 4) is 17.2 Å². The number of methoxy groups -OCH3 is 1. The summed E-state index contributed by atoms with van der Waals surface area (Å²) in [6, 6.07) is 28.9. The van der Waals surface area contributed by atoms with Crippen molar-refractivity contribution in [3.63, 3.8) is 0 Å². The molecule has 2 fully saturated rings. The van der Waals surface area contributed by atoms with Gasteiger partial charge in [-0.1, -0.05) is 48.5 Å². The van der Waals surface area contributed by atoms with E-state index >= 15 is 0 Å². The highest BCUT2D eigenvalue weighted by molar-refractivity contribution is 5.84. The summed E-state index contributed by atoms with van der Waals surface area (Å²) in [5.74, 6) is 2.64. The zero-order valence-electron chi connectivity index (χ0n) is 33.3. The molecule has 1 amide bonds. The van der Waals surface area contributed by atoms with E-state index in [1.165, 1.54) is 5.56 Å². The molecule has 2 unspecified atom stereocenters. The molecule has 10 heteroatoms. The first kappa shape index (κ1) is 40.3. The Kier molecular flexibility index (Phi) is 14.3. The molecule has 296 valence electrons. The van der Waals surface area contributed by atoms with Gasteiger partial charge in [-0.05, 0) is 92.5 Å². The lowest BCUT2D eigenvalue weighted by molar-refractivity contribution is -0.0359. The van der Waals surface area contributed by atoms with E-state index in [2.05, 4.69) is 65.4 Å². The van der Waals surface area contributed by atoms with Crippen molar-refractivity contribution in [1.82, 2.24) is 14.7 Å². The zero-order chi connectivity index (χ0) is 38.6. The van der Waals surface area contributed by atoms with E-state index in [1.807, 2.05) is 57.2 Å². The van der Waals surface area contributed by atoms with Crippen LogP contribution >= 0.6 is 0 Å². The number of fused-ring (bicyclic) bond motifs is 1. The average Bonchev–Trinajstić information content (AvgIpc) is 3.18. The van der Waals surface area contributed by atoms with Crippen LogP contribution in [-0.4, -0.2) is 112 Å². The summed E-state index contributed by atoms with van der Waals surface area (Å²) >= 11 is 0. The quantitative estimate of drug-likeness (QED) is 0.107. The van der Waals surface area contributed by atoms with Crippen LogP contribution in [0.5, 0.6) is 17.2 Å². The van der Waals surface area contributed by atoms with Crippen molar-refractivity contribution in [2.24, 2.45) is 0 Å². The van der Waals surface area contributed by atoms with Gasteiger partial charge in [0.25, 0.3) is 0 Å². The van der Waals surface area contributed by atoms with E-state index in [-0.39, 0.29) is 18.1 Å². The fourth-order valence-corrected chi connectivity index (χ4v) is 7.15. The number of likely N-dealkylation sites (N-methyl/N-ethyl adjacent to an activating group) is 1. The van der Waals surface area contributed by atoms with Gasteiger partial charge in [0.1, 0.15) is 29.5 Å². The monoisotopic (exact) mass is 753 g/mol. The first-order chi connectivity index (χ1) is 26.6. The number of nitrogens with zero attached hydrogens (tertiary/aromatic N) is 3. The Bertz CT molecular complexity index is 1800. The molecule has 4 aromatic carbocycles. The minimum absolute atomic E-state index is 0.108. The smallest absolute Gasteiger partial charge is 0.410 e. The lowest BCUT2D eigenvalue weighted by atomic mass is 9.87. The Morgan fingerprint density at radius 3 is 2.31 bits per heavy atom. The molecule has 0 spiro atoms. The molecule has 2 heterocycles. The third kappa shape index (κ3) is 12.1. The summed E-state index contributed by atoms with van der Waals surface area (Å²) in [5, 5.41) is 2.27. The predicted molar refractivity (Wildman–Crippen MR) is 216 cm³/mol. The normalized spacial score (nSPS) is 18.3. The second-order valence-corrected chi connectivity index (χ2v) is 15.6. The summed E-state index contributed by atoms with van der Waals surface area (Å²) in [7, 11) is 3.85. The maximum Gasteiger partial charge on any atom is 0.410 e. The Balaban J connectivity index is 1.04. The van der Waals surface area contributed by atoms with Crippen molar-refractivity contribution in [1.29, 1.82) is 0 Å². The molecule has 10 nitrogen and oxygen atoms in total. The largest absolute Gasteiger partial charge is 0.496 e. The van der Waals surface area contributed by atoms with Crippen LogP contribution in [0.1, 0.15) is 56.2 Å². The van der Waals surface area contributed by atoms with Crippen molar-refractivity contribution in [3.05, 3.63) is 102 Å². The highest BCUT2D eigenvalue weighted by Gasteiger charge is 2.35. The standard InChI is InChI=1S/C45H59N3O7/c1-45(2,3)55-44(49)48-20-19-41(36-14-16-39(17-15-36)52-27-8-26-51-33-37-9-6-7-10-42(37)50-5)43(31-48)54-32-34-11-12-35-13-18-40(30-38(35)29-34)53-28-25-47-23-21-46(4)22-24-47/h6-7,9-18,29-30,41,43H,8,19-28,31-33H2,1-5H3. The van der Waals surface area contributed by atoms with Crippen LogP contribution in [0.4, 0.5) is 4.79 Å². The average molecular weight is 754 g/mol. The maximum atomic E-state index is 13.1. The van der Waals surface area contributed by atoms with Crippen LogP contribution in [0.2, 0.25) is 0 Å². The van der Waals surface area contributed by atoms with Gasteiger partial charge in [-0.15, -0.1) is 0 Å². The van der Waals surface area contributed by atoms with Crippen molar-refractivity contribution in [2.45, 2.75) is 64.4 Å². The van der Waals surface area contributed by atoms with Gasteiger partial charge in [-0.25, -0.2) is 4.79 Å². The van der Waals surface area contributed by atoms with Gasteiger partial charge in [-0.2, -0.15) is 0 Å². The minimum atomic E-state index is -0.570. The van der Waals surface area contributed by atoms with Crippen LogP contribution < -0.4 is 14.2 Å². The summed E-state index contributed by atoms with van der Waals surface area (Å²) in [6.45, 7) is 14.8. The Morgan fingerprint density at radius 2 is 1.53 bits per heavy atom. The van der Waals surface area contributed by atoms with Gasteiger partial charge in [0.15, 0.2) is 0 Å². The molecule has 6 rings (SSSR count). The molecule has 0 aliphatic carbocycles. The number of ether oxygens (including phenoxy) is 6. The van der Waals surface area contributed by atoms with Crippen LogP contribution in [0, 0.1) is 0 Å². The second kappa shape index (κ2) is 19.5. The van der Waals surface area contributed by atoms with E-state index in [1.54, 1.807) is 12.0 Å². The van der Waals surface area contributed by atoms with Crippen molar-refractivity contribution >= 4 is 16.9 Å². The van der Waals surface area contributed by atoms with Gasteiger partial charge in [0.2, 0.25) is 0 Å². The number of para-hydroxylation sites is 1. The van der Waals surface area contributed by atoms with Crippen LogP contribution in [0.25, 0.3) is 10.8 Å². The van der Waals surface area contributed by atoms with Crippen molar-refractivity contribution < 1.29 is 33.2 Å². The molecule has 4 aromatic rings. The Hall–Kier alpha value is -4.35. The number of carbonyl (C=O) groups excluding carboxylic acids is 1. The molecule has 0 N–H and O–H groups in total. The highest BCUT2D eigenvalue weighted by Crippen LogP contribution is 2.33. The predicted octanol–water partition coefficient (Wildman–Crippen LogP) is 7.77. The number of benzene rings is 4. The molecule has 0 aromatic heterocycles. The number of amides is 1. The third-order valence-corrected chi connectivity index (χ3v) is 10.3. The molecular weight excluding hydrogens is 695 g/mol. The molecular formula is C45H59N3O7. The molecule has 2 aliphatic rings. The van der Waals surface area contributed by atoms with E-state index in [0.717, 1.165) is 84.7 Å². The lowest BCUT2D eigenvalue weighted by Crippen LogP contribution is -2.48. The lowest BCUT2D eigenvalue weighted by Gasteiger charge is -2.39. The molecule has 0 radical (unpaired) electrons. The zero-order valence-corrected chi connectivity index (χ0v) is 33.3. The Morgan fingerprint density at radius 1 is 0.782 bits per heavy atom. The molecule has 2 atom stereocenters. The molecule has 0 saturated carbocycles. The van der Waals surface area contributed by atoms with Crippen LogP contribution in [0.15, 0.2) is 84.9 Å². The summed E-state index contributed by atoms with van der Waals surface area (Å²) in [4.78, 5) is 19.8. The number of hydrogen-bond acceptors (Lipinski definition) is 9. The van der Waals surface area contributed by atoms with Crippen molar-refractivity contribution in [2.75, 3.05) is 79.8 Å². The van der Waals surface area contributed by atoms with Crippen LogP contribution in [-0.2, 0) is 27.4 Å². The molecule has 2 saturated heterocycles. The minimum Gasteiger partial charge on any atom is -0.496 e. The summed E-state index contributed by atoms with van der Waals surface area (Å²) < 4.78 is 36.0. The fourth-order valence-electron chi connectivity index (χ4n) is 7.15. The Labute approximate surface area is 327 Å². The van der Waals surface area contributed by atoms with Gasteiger partial charge in [0.05, 0.1) is 46.2 Å². The SMILES string of the molecule is COc1ccccc1COCCCOc1ccc(C2CCN(C(=O)OC(C)(C)C)CC2OCc2ccc3ccc(OCCN4CCN(C)CC4)cc3c2)cc1. The topological polar surface area (TPSA) is 82.2 Å². The van der Waals surface area contributed by atoms with E-state index < -0.39 is 5.60 Å². The van der Waals surface area contributed by atoms with Gasteiger partial charge < -0.3 is 38.2 Å². The van der Waals surface area contributed by atoms with Gasteiger partial charge >= 0.3 is 6.09 Å². The van der Waals surface area contributed by atoms with E-state index in [4.69, 9.17) is 28.4 Å². The first-order valence-corrected chi connectivity index (χ1v) is 19.7. The fraction of sp³-hybridized carbons (Fsp3) is 0.489. The number of rotatable bonds is 16. The first-order valence-electron chi connectivity index (χ1n) is 19.7. The molecule has 2 aliphatic heterocycles. The highest BCUT2D eigenvalue weighted by atomic mass is 16.6. The van der Waals surface area contributed by atoms with E-state index in [9.17, 15) is 4.79 Å². The van der Waals surface area contributed by atoms with Gasteiger partial charge in [-0.3, -0.25) is 4.90 Å². The molecule has 55 heavy (non-hydrogen) atoms. The number of likely N-dealkylation sites (tertiary alicyclic amines) is 1. The van der Waals surface area contributed by atoms with Gasteiger partial charge in [0, 0.05) is 57.2 Å². The maximum absolute atomic E-state index is 13.1. The summed E-state index contributed by atoms with van der Waals surface area (Å²) in [5.41, 5.74) is 2.70.